The summed E-state index contributed by atoms with van der Waals surface area (Å²) in [7, 11) is 0. The van der Waals surface area contributed by atoms with Gasteiger partial charge in [0.2, 0.25) is 0 Å². The Labute approximate surface area is 57.3 Å². The maximum absolute atomic E-state index is 5.59. The van der Waals surface area contributed by atoms with Crippen LogP contribution in [0, 0.1) is 0 Å². The topological polar surface area (TPSA) is 26.0 Å². The third kappa shape index (κ3) is 5.31. The van der Waals surface area contributed by atoms with E-state index in [0.29, 0.717) is 0 Å². The average molecular weight is 125 g/mol. The summed E-state index contributed by atoms with van der Waals surface area (Å²) in [5.74, 6) is 0. The van der Waals surface area contributed by atoms with Crippen LogP contribution in [0.3, 0.4) is 0 Å². The van der Waals surface area contributed by atoms with E-state index in [0.717, 1.165) is 6.42 Å². The lowest BCUT2D eigenvalue weighted by Gasteiger charge is -1.97. The summed E-state index contributed by atoms with van der Waals surface area (Å²) in [6.45, 7) is 4.06. The average Bonchev–Trinajstić information content (AvgIpc) is 1.89. The molecule has 0 aromatic carbocycles. The van der Waals surface area contributed by atoms with Gasteiger partial charge in [-0.15, -0.1) is 0 Å². The highest BCUT2D eigenvalue weighted by molar-refractivity contribution is 5.04. The Morgan fingerprint density at radius 1 is 1.44 bits per heavy atom. The first-order chi connectivity index (χ1) is 4.31. The first kappa shape index (κ1) is 8.44. The Bertz CT molecular complexity index is 103. The molecule has 52 valence electrons. The van der Waals surface area contributed by atoms with Crippen LogP contribution in [0.25, 0.3) is 0 Å². The van der Waals surface area contributed by atoms with Crippen LogP contribution in [0.4, 0.5) is 0 Å². The molecule has 1 heteroatoms. The van der Waals surface area contributed by atoms with E-state index in [1.54, 1.807) is 0 Å². The van der Waals surface area contributed by atoms with Gasteiger partial charge in [0.25, 0.3) is 0 Å². The Hall–Kier alpha value is -0.560. The van der Waals surface area contributed by atoms with Crippen molar-refractivity contribution in [3.8, 4) is 0 Å². The van der Waals surface area contributed by atoms with Crippen LogP contribution in [-0.2, 0) is 0 Å². The highest BCUT2D eigenvalue weighted by Crippen LogP contribution is 1.87. The summed E-state index contributed by atoms with van der Waals surface area (Å²) < 4.78 is 0. The van der Waals surface area contributed by atoms with Gasteiger partial charge in [-0.1, -0.05) is 31.2 Å². The van der Waals surface area contributed by atoms with Crippen molar-refractivity contribution in [1.82, 2.24) is 0 Å². The van der Waals surface area contributed by atoms with Gasteiger partial charge in [-0.2, -0.15) is 0 Å². The van der Waals surface area contributed by atoms with E-state index in [2.05, 4.69) is 6.92 Å². The molecule has 0 saturated heterocycles. The van der Waals surface area contributed by atoms with E-state index < -0.39 is 0 Å². The third-order valence-electron chi connectivity index (χ3n) is 1.13. The summed E-state index contributed by atoms with van der Waals surface area (Å²) in [5.41, 5.74) is 5.59. The number of rotatable bonds is 3. The van der Waals surface area contributed by atoms with Gasteiger partial charge in [-0.05, 0) is 13.3 Å². The first-order valence-electron chi connectivity index (χ1n) is 3.36. The zero-order valence-corrected chi connectivity index (χ0v) is 6.17. The molecule has 0 fully saturated rings. The third-order valence-corrected chi connectivity index (χ3v) is 1.13. The predicted molar refractivity (Wildman–Crippen MR) is 42.2 cm³/mol. The van der Waals surface area contributed by atoms with Crippen LogP contribution in [0.15, 0.2) is 24.3 Å². The predicted octanol–water partition coefficient (Wildman–Crippen LogP) is 1.86. The minimum absolute atomic E-state index is 0.223. The van der Waals surface area contributed by atoms with Crippen molar-refractivity contribution in [1.29, 1.82) is 0 Å². The molecule has 0 aromatic rings. The number of allylic oxidation sites excluding steroid dienone is 3. The van der Waals surface area contributed by atoms with Gasteiger partial charge < -0.3 is 5.73 Å². The van der Waals surface area contributed by atoms with Gasteiger partial charge in [0, 0.05) is 6.04 Å². The van der Waals surface area contributed by atoms with Crippen molar-refractivity contribution in [3.63, 3.8) is 0 Å². The first-order valence-corrected chi connectivity index (χ1v) is 3.36. The SMILES string of the molecule is CC=CC=CC(N)CC. The summed E-state index contributed by atoms with van der Waals surface area (Å²) in [4.78, 5) is 0. The molecular weight excluding hydrogens is 110 g/mol. The molecule has 0 aliphatic rings. The van der Waals surface area contributed by atoms with Gasteiger partial charge in [-0.25, -0.2) is 0 Å². The molecule has 0 amide bonds. The molecule has 0 spiro atoms. The summed E-state index contributed by atoms with van der Waals surface area (Å²) in [6.07, 6.45) is 8.95. The number of hydrogen-bond donors (Lipinski definition) is 1. The van der Waals surface area contributed by atoms with Gasteiger partial charge in [0.05, 0.1) is 0 Å². The lowest BCUT2D eigenvalue weighted by Crippen LogP contribution is -2.14. The van der Waals surface area contributed by atoms with Gasteiger partial charge in [-0.3, -0.25) is 0 Å². The summed E-state index contributed by atoms with van der Waals surface area (Å²) in [6, 6.07) is 0.223. The van der Waals surface area contributed by atoms with Crippen molar-refractivity contribution in [3.05, 3.63) is 24.3 Å². The van der Waals surface area contributed by atoms with Crippen LogP contribution >= 0.6 is 0 Å². The fourth-order valence-electron chi connectivity index (χ4n) is 0.454. The van der Waals surface area contributed by atoms with E-state index in [-0.39, 0.29) is 6.04 Å². The van der Waals surface area contributed by atoms with Gasteiger partial charge in [0.1, 0.15) is 0 Å². The van der Waals surface area contributed by atoms with E-state index in [1.807, 2.05) is 31.2 Å². The minimum Gasteiger partial charge on any atom is -0.324 e. The molecule has 0 bridgehead atoms. The molecule has 1 atom stereocenters. The van der Waals surface area contributed by atoms with Crippen molar-refractivity contribution >= 4 is 0 Å². The van der Waals surface area contributed by atoms with Crippen LogP contribution in [-0.4, -0.2) is 6.04 Å². The minimum atomic E-state index is 0.223. The highest BCUT2D eigenvalue weighted by Gasteiger charge is 1.86. The van der Waals surface area contributed by atoms with Crippen molar-refractivity contribution in [2.45, 2.75) is 26.3 Å². The molecule has 9 heavy (non-hydrogen) atoms. The molecule has 0 saturated carbocycles. The van der Waals surface area contributed by atoms with Gasteiger partial charge >= 0.3 is 0 Å². The molecule has 0 aliphatic carbocycles. The van der Waals surface area contributed by atoms with Gasteiger partial charge in [0.15, 0.2) is 0 Å². The molecule has 2 N–H and O–H groups in total. The Kier molecular flexibility index (Phi) is 5.23. The van der Waals surface area contributed by atoms with Crippen LogP contribution in [0.5, 0.6) is 0 Å². The summed E-state index contributed by atoms with van der Waals surface area (Å²) in [5, 5.41) is 0. The van der Waals surface area contributed by atoms with Crippen LogP contribution in [0.1, 0.15) is 20.3 Å². The summed E-state index contributed by atoms with van der Waals surface area (Å²) >= 11 is 0. The lowest BCUT2D eigenvalue weighted by molar-refractivity contribution is 0.782. The molecular formula is C8H15N. The van der Waals surface area contributed by atoms with Crippen LogP contribution < -0.4 is 5.73 Å². The fraction of sp³-hybridized carbons (Fsp3) is 0.500. The Balaban J connectivity index is 3.43. The maximum atomic E-state index is 5.59. The smallest absolute Gasteiger partial charge is 0.0224 e. The second-order valence-electron chi connectivity index (χ2n) is 1.98. The molecule has 1 unspecified atom stereocenters. The normalized spacial score (nSPS) is 15.4. The fourth-order valence-corrected chi connectivity index (χ4v) is 0.454. The van der Waals surface area contributed by atoms with E-state index in [4.69, 9.17) is 5.73 Å². The van der Waals surface area contributed by atoms with Crippen molar-refractivity contribution in [2.24, 2.45) is 5.73 Å². The van der Waals surface area contributed by atoms with Crippen molar-refractivity contribution < 1.29 is 0 Å². The zero-order valence-electron chi connectivity index (χ0n) is 6.17. The highest BCUT2D eigenvalue weighted by atomic mass is 14.6. The Morgan fingerprint density at radius 2 is 2.11 bits per heavy atom. The molecule has 0 aromatic heterocycles. The molecule has 0 rings (SSSR count). The Morgan fingerprint density at radius 3 is 2.56 bits per heavy atom. The molecule has 0 radical (unpaired) electrons. The largest absolute Gasteiger partial charge is 0.324 e. The van der Waals surface area contributed by atoms with Crippen LogP contribution in [0.2, 0.25) is 0 Å². The second-order valence-corrected chi connectivity index (χ2v) is 1.98. The maximum Gasteiger partial charge on any atom is 0.0224 e. The second kappa shape index (κ2) is 5.57. The number of nitrogens with two attached hydrogens (primary N) is 1. The quantitative estimate of drug-likeness (QED) is 0.572. The number of hydrogen-bond acceptors (Lipinski definition) is 1. The molecule has 0 aliphatic heterocycles. The molecule has 1 nitrogen and oxygen atoms in total. The monoisotopic (exact) mass is 125 g/mol. The lowest BCUT2D eigenvalue weighted by atomic mass is 10.2. The zero-order chi connectivity index (χ0) is 7.11. The van der Waals surface area contributed by atoms with Crippen molar-refractivity contribution in [2.75, 3.05) is 0 Å². The van der Waals surface area contributed by atoms with E-state index in [1.165, 1.54) is 0 Å². The van der Waals surface area contributed by atoms with E-state index >= 15 is 0 Å². The molecule has 0 heterocycles. The standard InChI is InChI=1S/C8H15N/c1-3-5-6-7-8(9)4-2/h3,5-8H,4,9H2,1-2H3. The van der Waals surface area contributed by atoms with E-state index in [9.17, 15) is 0 Å².